The minimum absolute atomic E-state index is 0.00508. The number of carbonyl (C=O) groups excluding carboxylic acids is 8. The molecule has 0 aliphatic carbocycles. The number of alkyl halides is 2. The zero-order valence-corrected chi connectivity index (χ0v) is 53.7. The number of carbonyl (C=O) groups is 9. The number of halogens is 3. The van der Waals surface area contributed by atoms with Gasteiger partial charge in [0.1, 0.15) is 54.4 Å². The van der Waals surface area contributed by atoms with E-state index in [2.05, 4.69) is 62.1 Å². The molecule has 4 heterocycles. The maximum Gasteiger partial charge on any atom is 0.407 e. The zero-order chi connectivity index (χ0) is 70.3. The first kappa shape index (κ1) is 74.8. The molecule has 1 aliphatic rings. The number of H-pyrrole nitrogens is 1. The number of fused-ring (bicyclic) bond motifs is 1. The Hall–Kier alpha value is -10.6. The second-order valence-electron chi connectivity index (χ2n) is 22.1. The van der Waals surface area contributed by atoms with Gasteiger partial charge in [0, 0.05) is 42.8 Å². The highest BCUT2D eigenvalue weighted by molar-refractivity contribution is 6.12. The van der Waals surface area contributed by atoms with Crippen LogP contribution >= 0.6 is 0 Å². The quantitative estimate of drug-likeness (QED) is 0.0181. The number of urea groups is 1. The van der Waals surface area contributed by atoms with Crippen molar-refractivity contribution in [2.24, 2.45) is 11.7 Å². The third kappa shape index (κ3) is 24.5. The van der Waals surface area contributed by atoms with Crippen molar-refractivity contribution in [2.45, 2.75) is 83.7 Å². The molecule has 33 heteroatoms. The molecule has 0 unspecified atom stereocenters. The highest BCUT2D eigenvalue weighted by Crippen LogP contribution is 2.33. The molecule has 524 valence electrons. The van der Waals surface area contributed by atoms with E-state index in [4.69, 9.17) is 34.2 Å². The van der Waals surface area contributed by atoms with Crippen LogP contribution in [-0.2, 0) is 70.4 Å². The van der Waals surface area contributed by atoms with E-state index in [-0.39, 0.29) is 153 Å². The number of carboxylic acids is 1. The van der Waals surface area contributed by atoms with Gasteiger partial charge < -0.3 is 81.5 Å². The lowest BCUT2D eigenvalue weighted by Gasteiger charge is -2.27. The summed E-state index contributed by atoms with van der Waals surface area (Å²) in [5.41, 5.74) is 8.18. The van der Waals surface area contributed by atoms with Crippen molar-refractivity contribution in [1.82, 2.24) is 56.4 Å². The van der Waals surface area contributed by atoms with E-state index in [1.807, 2.05) is 0 Å². The lowest BCUT2D eigenvalue weighted by molar-refractivity contribution is -0.139. The number of ether oxygens (including phenoxy) is 6. The Balaban J connectivity index is 0.839. The van der Waals surface area contributed by atoms with Crippen LogP contribution in [0.25, 0.3) is 33.7 Å². The molecule has 0 fully saturated rings. The van der Waals surface area contributed by atoms with E-state index in [1.54, 1.807) is 68.4 Å². The van der Waals surface area contributed by atoms with Crippen molar-refractivity contribution in [3.05, 3.63) is 126 Å². The van der Waals surface area contributed by atoms with Crippen molar-refractivity contribution in [3.63, 3.8) is 0 Å². The van der Waals surface area contributed by atoms with Gasteiger partial charge in [-0.25, -0.2) is 42.7 Å². The van der Waals surface area contributed by atoms with Gasteiger partial charge >= 0.3 is 18.1 Å². The van der Waals surface area contributed by atoms with Crippen molar-refractivity contribution in [3.8, 4) is 28.5 Å². The minimum atomic E-state index is -2.83. The van der Waals surface area contributed by atoms with Gasteiger partial charge in [0.05, 0.1) is 107 Å². The van der Waals surface area contributed by atoms with Gasteiger partial charge in [-0.15, -0.1) is 0 Å². The Morgan fingerprint density at radius 3 is 2.07 bits per heavy atom. The number of alkyl carbamates (subject to hydrolysis) is 1. The fourth-order valence-corrected chi connectivity index (χ4v) is 9.40. The molecule has 7 rings (SSSR count). The van der Waals surface area contributed by atoms with Gasteiger partial charge in [-0.3, -0.25) is 38.5 Å². The van der Waals surface area contributed by atoms with Crippen LogP contribution in [0.15, 0.2) is 103 Å². The molecule has 11 N–H and O–H groups in total. The number of nitrogens with two attached hydrogens (primary N) is 1. The number of primary amides is 1. The minimum Gasteiger partial charge on any atom is -0.481 e. The lowest BCUT2D eigenvalue weighted by atomic mass is 10.0. The van der Waals surface area contributed by atoms with Gasteiger partial charge in [-0.2, -0.15) is 0 Å². The van der Waals surface area contributed by atoms with Gasteiger partial charge in [0.25, 0.3) is 18.2 Å². The summed E-state index contributed by atoms with van der Waals surface area (Å²) < 4.78 is 74.8. The molecule has 9 amide bonds. The molecule has 30 nitrogen and oxygen atoms in total. The number of aliphatic carboxylic acids is 1. The SMILES string of the molecule is CC(C)[C@H](NC(=O)[C@H](CCC(=O)O)NC(=O)CCOCCOCCOCCOCCN1C(=O)C=CC1=O)C(=O)N[C@@H](CCCNC(N)=O)C(=O)Nc1ccc(COC(=O)NCCOc2cnc3ccc(-c4[nH]c(CNc5ccccc5F)nc4-c4cccc(C(F)F)n4)cc3n2)cc1. The predicted octanol–water partition coefficient (Wildman–Crippen LogP) is 4.82. The summed E-state index contributed by atoms with van der Waals surface area (Å²) in [5, 5.41) is 27.9. The Morgan fingerprint density at radius 1 is 0.694 bits per heavy atom. The number of aromatic nitrogens is 5. The van der Waals surface area contributed by atoms with E-state index in [9.17, 15) is 61.4 Å². The monoisotopic (exact) mass is 1370 g/mol. The number of aromatic amines is 1. The summed E-state index contributed by atoms with van der Waals surface area (Å²) in [6, 6.07) is 17.0. The molecule has 6 aromatic rings. The van der Waals surface area contributed by atoms with E-state index in [0.29, 0.717) is 39.4 Å². The topological polar surface area (TPSA) is 410 Å². The highest BCUT2D eigenvalue weighted by Gasteiger charge is 2.32. The van der Waals surface area contributed by atoms with Crippen LogP contribution in [0.5, 0.6) is 5.88 Å². The fraction of sp³-hybridized carbons (Fsp3) is 0.400. The zero-order valence-electron chi connectivity index (χ0n) is 53.7. The number of rotatable bonds is 42. The van der Waals surface area contributed by atoms with Gasteiger partial charge in [-0.05, 0) is 79.3 Å². The largest absolute Gasteiger partial charge is 0.481 e. The van der Waals surface area contributed by atoms with Crippen molar-refractivity contribution < 1.29 is 89.8 Å². The molecule has 1 aliphatic heterocycles. The molecule has 0 radical (unpaired) electrons. The first-order valence-electron chi connectivity index (χ1n) is 31.2. The molecule has 3 aromatic carbocycles. The Bertz CT molecular complexity index is 3710. The number of nitrogens with one attached hydrogen (secondary N) is 8. The summed E-state index contributed by atoms with van der Waals surface area (Å²) in [4.78, 5) is 135. The Labute approximate surface area is 560 Å². The summed E-state index contributed by atoms with van der Waals surface area (Å²) in [7, 11) is 0. The number of hydrogen-bond donors (Lipinski definition) is 10. The number of pyridine rings is 1. The number of para-hydroxylation sites is 1. The fourth-order valence-electron chi connectivity index (χ4n) is 9.40. The van der Waals surface area contributed by atoms with E-state index >= 15 is 0 Å². The van der Waals surface area contributed by atoms with Gasteiger partial charge in [0.15, 0.2) is 0 Å². The maximum absolute atomic E-state index is 14.4. The van der Waals surface area contributed by atoms with E-state index in [0.717, 1.165) is 4.90 Å². The van der Waals surface area contributed by atoms with Crippen LogP contribution in [0.2, 0.25) is 0 Å². The lowest BCUT2D eigenvalue weighted by Crippen LogP contribution is -2.58. The number of benzene rings is 3. The van der Waals surface area contributed by atoms with Crippen LogP contribution in [0.4, 0.5) is 34.1 Å². The van der Waals surface area contributed by atoms with Gasteiger partial charge in [-0.1, -0.05) is 50.2 Å². The summed E-state index contributed by atoms with van der Waals surface area (Å²) in [6.07, 6.45) is -0.672. The second-order valence-corrected chi connectivity index (χ2v) is 22.1. The second kappa shape index (κ2) is 38.8. The van der Waals surface area contributed by atoms with Crippen molar-refractivity contribution >= 4 is 75.9 Å². The summed E-state index contributed by atoms with van der Waals surface area (Å²) in [5.74, 6) is -5.52. The number of imide groups is 1. The van der Waals surface area contributed by atoms with Crippen molar-refractivity contribution in [2.75, 3.05) is 89.7 Å². The molecule has 0 saturated heterocycles. The van der Waals surface area contributed by atoms with Crippen molar-refractivity contribution in [1.29, 1.82) is 0 Å². The number of carboxylic acid groups (broad SMARTS) is 1. The predicted molar refractivity (Wildman–Crippen MR) is 346 cm³/mol. The third-order valence-electron chi connectivity index (χ3n) is 14.4. The molecule has 3 atom stereocenters. The molecule has 98 heavy (non-hydrogen) atoms. The van der Waals surface area contributed by atoms with E-state index in [1.165, 1.54) is 48.7 Å². The number of hydrogen-bond acceptors (Lipinski definition) is 20. The smallest absolute Gasteiger partial charge is 0.407 e. The number of nitrogens with zero attached hydrogens (tertiary/aromatic N) is 5. The Kier molecular flexibility index (Phi) is 29.6. The molecular weight excluding hydrogens is 1290 g/mol. The number of anilines is 2. The number of amides is 9. The van der Waals surface area contributed by atoms with E-state index < -0.39 is 90.1 Å². The maximum atomic E-state index is 14.4. The first-order chi connectivity index (χ1) is 47.2. The molecule has 0 bridgehead atoms. The molecule has 3 aromatic heterocycles. The summed E-state index contributed by atoms with van der Waals surface area (Å²) in [6.45, 7) is 4.66. The standard InChI is InChI=1S/C65H77F3N14O16/c1-39(2)57(81-62(89)49(18-21-56(86)87)76-52(83)22-26-93-29-31-95-33-34-96-32-30-94-28-25-82-54(84)19-20-55(82)85)63(90)78-48(11-6-23-70-64(69)91)61(88)74-42-15-12-40(13-16-42)38-98-65(92)71-24-27-97-53-37-73-45-17-14-41(35-50(45)77-53)58-59(46-9-5-10-47(75-46)60(67)68)80-51(79-58)36-72-44-8-4-3-7-43(44)66/h3-5,7-10,12-17,19-20,35,37,39,48-49,57,60,72H,6,11,18,21-34,36,38H2,1-2H3,(H,71,92)(H,74,88)(H,76,83)(H,78,90)(H,79,80)(H,81,89)(H,86,87)(H3,69,70,91)/t48-,49-,57-/m0/s1. The highest BCUT2D eigenvalue weighted by atomic mass is 19.3. The van der Waals surface area contributed by atoms with Gasteiger partial charge in [0.2, 0.25) is 29.5 Å². The summed E-state index contributed by atoms with van der Waals surface area (Å²) >= 11 is 0. The normalized spacial score (nSPS) is 12.9. The molecule has 0 spiro atoms. The average Bonchev–Trinajstić information content (AvgIpc) is 1.57. The number of imidazole rings is 1. The Morgan fingerprint density at radius 2 is 1.39 bits per heavy atom. The third-order valence-corrected chi connectivity index (χ3v) is 14.4. The van der Waals surface area contributed by atoms with Crippen LogP contribution in [-0.4, -0.2) is 186 Å². The molecule has 0 saturated carbocycles. The van der Waals surface area contributed by atoms with Crippen LogP contribution in [0, 0.1) is 11.7 Å². The van der Waals surface area contributed by atoms with Crippen LogP contribution in [0.3, 0.4) is 0 Å². The first-order valence-corrected chi connectivity index (χ1v) is 31.2. The van der Waals surface area contributed by atoms with Crippen LogP contribution in [0.1, 0.15) is 69.5 Å². The molecular formula is C65H77F3N14O16. The average molecular weight is 1370 g/mol. The van der Waals surface area contributed by atoms with Crippen LogP contribution < -0.4 is 47.7 Å².